The van der Waals surface area contributed by atoms with Gasteiger partial charge in [-0.05, 0) is 12.1 Å². The normalized spacial score (nSPS) is 9.15. The Hall–Kier alpha value is -0.160. The first-order chi connectivity index (χ1) is 5.52. The summed E-state index contributed by atoms with van der Waals surface area (Å²) in [5.41, 5.74) is -0.560. The van der Waals surface area contributed by atoms with Crippen LogP contribution >= 0.6 is 11.6 Å². The van der Waals surface area contributed by atoms with Crippen molar-refractivity contribution in [1.82, 2.24) is 0 Å². The van der Waals surface area contributed by atoms with Crippen molar-refractivity contribution < 1.29 is 48.2 Å². The zero-order valence-corrected chi connectivity index (χ0v) is 9.36. The number of benzene rings is 1. The molecule has 0 saturated heterocycles. The van der Waals surface area contributed by atoms with E-state index in [4.69, 9.17) is 11.6 Å². The Morgan fingerprint density at radius 1 is 1.31 bits per heavy atom. The summed E-state index contributed by atoms with van der Waals surface area (Å²) in [7, 11) is 0. The quantitative estimate of drug-likeness (QED) is 0.400. The molecule has 0 unspecified atom stereocenters. The van der Waals surface area contributed by atoms with Crippen LogP contribution in [0.1, 0.15) is 10.4 Å². The van der Waals surface area contributed by atoms with Crippen molar-refractivity contribution in [2.24, 2.45) is 0 Å². The maximum atomic E-state index is 12.4. The SMILES string of the molecule is O=C([O-])c1cc(F)c(F)cc1Cl.[Na+]. The van der Waals surface area contributed by atoms with Crippen molar-refractivity contribution in [2.75, 3.05) is 0 Å². The molecule has 0 bridgehead atoms. The second-order valence-electron chi connectivity index (χ2n) is 2.03. The summed E-state index contributed by atoms with van der Waals surface area (Å²) >= 11 is 5.27. The van der Waals surface area contributed by atoms with E-state index >= 15 is 0 Å². The number of hydrogen-bond acceptors (Lipinski definition) is 2. The molecule has 6 heteroatoms. The Morgan fingerprint density at radius 2 is 1.77 bits per heavy atom. The van der Waals surface area contributed by atoms with Gasteiger partial charge in [-0.1, -0.05) is 11.6 Å². The van der Waals surface area contributed by atoms with E-state index in [1.807, 2.05) is 0 Å². The third-order valence-corrected chi connectivity index (χ3v) is 1.54. The number of halogens is 3. The van der Waals surface area contributed by atoms with Gasteiger partial charge >= 0.3 is 29.6 Å². The molecular formula is C7H2ClF2NaO2. The standard InChI is InChI=1S/C7H3ClF2O2.Na/c8-4-2-6(10)5(9)1-3(4)7(11)12;/h1-2H,(H,11,12);/q;+1/p-1. The van der Waals surface area contributed by atoms with Crippen molar-refractivity contribution in [3.05, 3.63) is 34.4 Å². The Labute approximate surface area is 99.8 Å². The van der Waals surface area contributed by atoms with Crippen LogP contribution in [0.15, 0.2) is 12.1 Å². The van der Waals surface area contributed by atoms with Crippen molar-refractivity contribution >= 4 is 17.6 Å². The molecule has 0 amide bonds. The summed E-state index contributed by atoms with van der Waals surface area (Å²) in [6, 6.07) is 1.06. The molecule has 64 valence electrons. The number of carboxylic acid groups (broad SMARTS) is 1. The molecular weight excluding hydrogens is 213 g/mol. The van der Waals surface area contributed by atoms with Gasteiger partial charge in [-0.25, -0.2) is 8.78 Å². The Bertz CT molecular complexity index is 344. The maximum Gasteiger partial charge on any atom is 1.00 e. The molecule has 1 aromatic rings. The Kier molecular flexibility index (Phi) is 4.85. The molecule has 0 aliphatic carbocycles. The van der Waals surface area contributed by atoms with Crippen LogP contribution in [0.3, 0.4) is 0 Å². The minimum Gasteiger partial charge on any atom is -0.545 e. The van der Waals surface area contributed by atoms with Crippen LogP contribution < -0.4 is 34.7 Å². The summed E-state index contributed by atoms with van der Waals surface area (Å²) < 4.78 is 24.7. The molecule has 0 heterocycles. The van der Waals surface area contributed by atoms with E-state index in [-0.39, 0.29) is 34.6 Å². The van der Waals surface area contributed by atoms with Gasteiger partial charge in [-0.3, -0.25) is 0 Å². The van der Waals surface area contributed by atoms with Crippen LogP contribution in [0.2, 0.25) is 5.02 Å². The monoisotopic (exact) mass is 214 g/mol. The summed E-state index contributed by atoms with van der Waals surface area (Å²) in [5, 5.41) is 9.82. The molecule has 0 saturated carbocycles. The fourth-order valence-electron chi connectivity index (χ4n) is 0.679. The predicted molar refractivity (Wildman–Crippen MR) is 35.7 cm³/mol. The minimum atomic E-state index is -1.64. The summed E-state index contributed by atoms with van der Waals surface area (Å²) in [5.74, 6) is -4.09. The van der Waals surface area contributed by atoms with E-state index < -0.39 is 23.2 Å². The van der Waals surface area contributed by atoms with Crippen LogP contribution in [0.25, 0.3) is 0 Å². The van der Waals surface area contributed by atoms with Gasteiger partial charge in [-0.2, -0.15) is 0 Å². The number of carbonyl (C=O) groups is 1. The summed E-state index contributed by atoms with van der Waals surface area (Å²) in [6.07, 6.45) is 0. The van der Waals surface area contributed by atoms with E-state index in [1.165, 1.54) is 0 Å². The van der Waals surface area contributed by atoms with E-state index in [1.54, 1.807) is 0 Å². The van der Waals surface area contributed by atoms with Gasteiger partial charge in [0.2, 0.25) is 0 Å². The Balaban J connectivity index is 0.00000144. The van der Waals surface area contributed by atoms with Crippen LogP contribution in [-0.4, -0.2) is 5.97 Å². The molecule has 0 fully saturated rings. The fraction of sp³-hybridized carbons (Fsp3) is 0. The van der Waals surface area contributed by atoms with Crippen LogP contribution in [0, 0.1) is 11.6 Å². The van der Waals surface area contributed by atoms with Crippen molar-refractivity contribution in [3.8, 4) is 0 Å². The van der Waals surface area contributed by atoms with Crippen LogP contribution in [0.4, 0.5) is 8.78 Å². The van der Waals surface area contributed by atoms with Gasteiger partial charge in [0, 0.05) is 5.56 Å². The van der Waals surface area contributed by atoms with E-state index in [2.05, 4.69) is 0 Å². The number of carbonyl (C=O) groups excluding carboxylic acids is 1. The fourth-order valence-corrected chi connectivity index (χ4v) is 0.906. The number of rotatable bonds is 1. The van der Waals surface area contributed by atoms with Gasteiger partial charge in [0.05, 0.1) is 11.0 Å². The van der Waals surface area contributed by atoms with Gasteiger partial charge in [0.1, 0.15) is 0 Å². The largest absolute Gasteiger partial charge is 1.00 e. The molecule has 0 aromatic heterocycles. The predicted octanol–water partition coefficient (Wildman–Crippen LogP) is -2.01. The van der Waals surface area contributed by atoms with Gasteiger partial charge < -0.3 is 9.90 Å². The minimum absolute atomic E-state index is 0. The Morgan fingerprint density at radius 3 is 2.23 bits per heavy atom. The molecule has 0 aliphatic rings. The van der Waals surface area contributed by atoms with Gasteiger partial charge in [0.15, 0.2) is 11.6 Å². The van der Waals surface area contributed by atoms with E-state index in [0.717, 1.165) is 0 Å². The van der Waals surface area contributed by atoms with Crippen molar-refractivity contribution in [1.29, 1.82) is 0 Å². The second-order valence-corrected chi connectivity index (χ2v) is 2.44. The zero-order valence-electron chi connectivity index (χ0n) is 6.61. The smallest absolute Gasteiger partial charge is 0.545 e. The zero-order chi connectivity index (χ0) is 9.30. The average molecular weight is 215 g/mol. The molecule has 0 atom stereocenters. The molecule has 2 nitrogen and oxygen atoms in total. The first-order valence-electron chi connectivity index (χ1n) is 2.88. The first kappa shape index (κ1) is 12.8. The van der Waals surface area contributed by atoms with Gasteiger partial charge in [-0.15, -0.1) is 0 Å². The first-order valence-corrected chi connectivity index (χ1v) is 3.26. The molecule has 0 radical (unpaired) electrons. The molecule has 1 rings (SSSR count). The van der Waals surface area contributed by atoms with E-state index in [0.29, 0.717) is 12.1 Å². The topological polar surface area (TPSA) is 40.1 Å². The van der Waals surface area contributed by atoms with Crippen molar-refractivity contribution in [3.63, 3.8) is 0 Å². The number of aromatic carboxylic acids is 1. The molecule has 13 heavy (non-hydrogen) atoms. The number of carboxylic acids is 1. The molecule has 1 aromatic carbocycles. The van der Waals surface area contributed by atoms with Crippen molar-refractivity contribution in [2.45, 2.75) is 0 Å². The van der Waals surface area contributed by atoms with E-state index in [9.17, 15) is 18.7 Å². The van der Waals surface area contributed by atoms with Crippen LogP contribution in [-0.2, 0) is 0 Å². The molecule has 0 N–H and O–H groups in total. The average Bonchev–Trinajstić information content (AvgIpc) is 1.96. The van der Waals surface area contributed by atoms with Gasteiger partial charge in [0.25, 0.3) is 0 Å². The molecule has 0 spiro atoms. The number of hydrogen-bond donors (Lipinski definition) is 0. The summed E-state index contributed by atoms with van der Waals surface area (Å²) in [4.78, 5) is 10.2. The third kappa shape index (κ3) is 2.91. The van der Waals surface area contributed by atoms with Crippen LogP contribution in [0.5, 0.6) is 0 Å². The molecule has 0 aliphatic heterocycles. The maximum absolute atomic E-state index is 12.4. The third-order valence-electron chi connectivity index (χ3n) is 1.23. The summed E-state index contributed by atoms with van der Waals surface area (Å²) in [6.45, 7) is 0. The second kappa shape index (κ2) is 4.91.